The second-order valence-electron chi connectivity index (χ2n) is 15.3. The summed E-state index contributed by atoms with van der Waals surface area (Å²) in [6.45, 7) is -0.454. The Kier molecular flexibility index (Phi) is 12.7. The highest BCUT2D eigenvalue weighted by Crippen LogP contribution is 2.50. The molecule has 0 amide bonds. The van der Waals surface area contributed by atoms with Gasteiger partial charge in [0.25, 0.3) is 0 Å². The minimum absolute atomic E-state index is 0.0534. The van der Waals surface area contributed by atoms with Gasteiger partial charge < -0.3 is 68.9 Å². The molecule has 16 heteroatoms. The van der Waals surface area contributed by atoms with Crippen LogP contribution in [0, 0.1) is 23.7 Å². The number of methoxy groups -OCH3 is 2. The van der Waals surface area contributed by atoms with E-state index in [1.807, 2.05) is 0 Å². The average Bonchev–Trinajstić information content (AvgIpc) is 3.11. The largest absolute Gasteiger partial charge is 0.479 e. The van der Waals surface area contributed by atoms with Crippen LogP contribution >= 0.6 is 0 Å². The van der Waals surface area contributed by atoms with E-state index in [2.05, 4.69) is 0 Å². The molecule has 3 aliphatic heterocycles. The Balaban J connectivity index is 1.23. The highest BCUT2D eigenvalue weighted by Gasteiger charge is 2.63. The molecule has 16 nitrogen and oxygen atoms in total. The first-order valence-corrected chi connectivity index (χ1v) is 18.3. The van der Waals surface area contributed by atoms with Crippen LogP contribution < -0.4 is 0 Å². The molecular weight excluding hydrogens is 676 g/mol. The van der Waals surface area contributed by atoms with Crippen molar-refractivity contribution < 1.29 is 78.5 Å². The molecule has 0 radical (unpaired) electrons. The molecule has 15 atom stereocenters. The molecular formula is C35H55O16+. The van der Waals surface area contributed by atoms with Gasteiger partial charge in [-0.1, -0.05) is 6.08 Å². The normalized spacial score (nSPS) is 48.9. The van der Waals surface area contributed by atoms with E-state index >= 15 is 0 Å². The van der Waals surface area contributed by atoms with E-state index in [0.29, 0.717) is 32.1 Å². The Hall–Kier alpha value is -1.80. The number of esters is 1. The zero-order valence-corrected chi connectivity index (χ0v) is 29.0. The van der Waals surface area contributed by atoms with Crippen molar-refractivity contribution in [1.29, 1.82) is 0 Å². The Morgan fingerprint density at radius 3 is 2.14 bits per heavy atom. The zero-order chi connectivity index (χ0) is 36.6. The third-order valence-corrected chi connectivity index (χ3v) is 12.1. The van der Waals surface area contributed by atoms with Crippen molar-refractivity contribution in [3.63, 3.8) is 0 Å². The molecule has 0 aromatic heterocycles. The molecule has 0 bridgehead atoms. The maximum atomic E-state index is 12.6. The van der Waals surface area contributed by atoms with Crippen LogP contribution in [-0.2, 0) is 38.0 Å². The molecule has 290 valence electrons. The minimum atomic E-state index is -1.73. The average molecular weight is 732 g/mol. The number of carboxylic acids is 1. The van der Waals surface area contributed by atoms with Crippen molar-refractivity contribution in [2.24, 2.45) is 23.7 Å². The number of carboxylic acid groups (broad SMARTS) is 1. The second-order valence-corrected chi connectivity index (χ2v) is 15.3. The Morgan fingerprint density at radius 1 is 0.804 bits per heavy atom. The SMILES string of the molecule is COC1CC(C2[OH+]C3CC(O)CC4OC(C(=O)O)CC(C2O[C@@H]2O[C@H](COC(=O)C=CC5CCC(O)CC5)[C@@H](O)[C@H](O)[C@H]2O)C43)CC(OC)C1O. The van der Waals surface area contributed by atoms with Gasteiger partial charge >= 0.3 is 11.9 Å². The summed E-state index contributed by atoms with van der Waals surface area (Å²) in [5.74, 6) is -2.81. The van der Waals surface area contributed by atoms with Gasteiger partial charge in [-0.15, -0.1) is 0 Å². The van der Waals surface area contributed by atoms with Gasteiger partial charge in [0.15, 0.2) is 24.6 Å². The lowest BCUT2D eigenvalue weighted by Gasteiger charge is -2.55. The fourth-order valence-corrected chi connectivity index (χ4v) is 9.39. The highest BCUT2D eigenvalue weighted by atomic mass is 16.7. The van der Waals surface area contributed by atoms with Crippen molar-refractivity contribution in [2.75, 3.05) is 20.8 Å². The highest BCUT2D eigenvalue weighted by molar-refractivity contribution is 5.81. The summed E-state index contributed by atoms with van der Waals surface area (Å²) in [4.78, 5) is 24.9. The molecule has 51 heavy (non-hydrogen) atoms. The number of rotatable bonds is 10. The Bertz CT molecular complexity index is 1200. The van der Waals surface area contributed by atoms with Gasteiger partial charge in [0.1, 0.15) is 43.2 Å². The molecule has 8 N–H and O–H groups in total. The number of aliphatic hydroxyl groups is 8. The number of carbonyl (C=O) groups excluding carboxylic acids is 1. The van der Waals surface area contributed by atoms with Gasteiger partial charge in [0, 0.05) is 45.0 Å². The van der Waals surface area contributed by atoms with E-state index in [-0.39, 0.29) is 42.8 Å². The number of aliphatic carboxylic acids is 1. The monoisotopic (exact) mass is 731 g/mol. The van der Waals surface area contributed by atoms with Crippen LogP contribution in [0.5, 0.6) is 0 Å². The van der Waals surface area contributed by atoms with Crippen molar-refractivity contribution in [2.45, 2.75) is 150 Å². The quantitative estimate of drug-likeness (QED) is 0.0771. The Labute approximate surface area is 296 Å². The van der Waals surface area contributed by atoms with Crippen LogP contribution in [-0.4, -0.2) is 165 Å². The van der Waals surface area contributed by atoms with Gasteiger partial charge in [-0.2, -0.15) is 0 Å². The number of carbonyl (C=O) groups is 2. The third kappa shape index (κ3) is 8.47. The molecule has 3 saturated heterocycles. The third-order valence-electron chi connectivity index (χ3n) is 12.1. The van der Waals surface area contributed by atoms with Crippen molar-refractivity contribution in [1.82, 2.24) is 0 Å². The fraction of sp³-hybridized carbons (Fsp3) is 0.886. The molecule has 6 rings (SSSR count). The van der Waals surface area contributed by atoms with E-state index in [1.54, 1.807) is 6.08 Å². The zero-order valence-electron chi connectivity index (χ0n) is 29.0. The van der Waals surface area contributed by atoms with Crippen molar-refractivity contribution >= 4 is 11.9 Å². The van der Waals surface area contributed by atoms with E-state index < -0.39 is 104 Å². The van der Waals surface area contributed by atoms with E-state index in [1.165, 1.54) is 20.3 Å². The molecule has 0 aromatic carbocycles. The lowest BCUT2D eigenvalue weighted by Crippen LogP contribution is -2.68. The van der Waals surface area contributed by atoms with E-state index in [0.717, 1.165) is 12.8 Å². The van der Waals surface area contributed by atoms with Crippen molar-refractivity contribution in [3.05, 3.63) is 12.2 Å². The summed E-state index contributed by atoms with van der Waals surface area (Å²) in [7, 11) is 2.98. The summed E-state index contributed by atoms with van der Waals surface area (Å²) in [6.07, 6.45) is -7.63. The first kappa shape index (κ1) is 38.9. The minimum Gasteiger partial charge on any atom is -0.479 e. The second kappa shape index (κ2) is 16.7. The number of aliphatic hydroxyl groups excluding tert-OH is 6. The topological polar surface area (TPSA) is 244 Å². The molecule has 10 unspecified atom stereocenters. The summed E-state index contributed by atoms with van der Waals surface area (Å²) in [5, 5.41) is 74.3. The number of allylic oxidation sites excluding steroid dienone is 1. The predicted octanol–water partition coefficient (Wildman–Crippen LogP) is -1.46. The van der Waals surface area contributed by atoms with Gasteiger partial charge in [-0.25, -0.2) is 9.59 Å². The molecule has 3 saturated carbocycles. The van der Waals surface area contributed by atoms with Crippen LogP contribution in [0.1, 0.15) is 57.8 Å². The van der Waals surface area contributed by atoms with E-state index in [9.17, 15) is 45.3 Å². The smallest absolute Gasteiger partial charge is 0.332 e. The molecule has 3 aliphatic carbocycles. The van der Waals surface area contributed by atoms with Gasteiger partial charge in [-0.3, -0.25) is 0 Å². The summed E-state index contributed by atoms with van der Waals surface area (Å²) < 4.78 is 40.4. The number of ether oxygens (including phenoxy) is 7. The van der Waals surface area contributed by atoms with Crippen LogP contribution in [0.3, 0.4) is 0 Å². The molecule has 3 heterocycles. The standard InChI is InChI=1S/C35H54O16/c1-45-22-9-16(10-23(46-2)28(22)39)32-33(19-13-24(34(43)44)48-20-11-18(37)12-21(49-32)27(19)20)51-35-31(42)30(41)29(40)25(50-35)14-47-26(38)8-5-15-3-6-17(36)7-4-15/h5,8,15-25,27-33,35-37,39-42H,3-4,6-7,9-14H2,1-2H3,(H,43,44)/p+1/t15?,16?,17?,18?,19?,20?,21?,22?,23?,24?,25-,27?,28?,29-,30+,31-,32?,33?,35+/m1/s1. The van der Waals surface area contributed by atoms with Crippen molar-refractivity contribution in [3.8, 4) is 0 Å². The van der Waals surface area contributed by atoms with Crippen LogP contribution in [0.15, 0.2) is 12.2 Å². The van der Waals surface area contributed by atoms with Gasteiger partial charge in [0.05, 0.1) is 36.4 Å². The first-order valence-electron chi connectivity index (χ1n) is 18.3. The maximum Gasteiger partial charge on any atom is 0.332 e. The number of hydrogen-bond donors (Lipinski definition) is 7. The summed E-state index contributed by atoms with van der Waals surface area (Å²) >= 11 is 0. The van der Waals surface area contributed by atoms with E-state index in [4.69, 9.17) is 33.2 Å². The predicted molar refractivity (Wildman–Crippen MR) is 173 cm³/mol. The first-order chi connectivity index (χ1) is 24.4. The maximum absolute atomic E-state index is 12.6. The van der Waals surface area contributed by atoms with Gasteiger partial charge in [0.2, 0.25) is 0 Å². The van der Waals surface area contributed by atoms with Crippen LogP contribution in [0.2, 0.25) is 0 Å². The molecule has 0 aromatic rings. The summed E-state index contributed by atoms with van der Waals surface area (Å²) in [6, 6.07) is 0. The Morgan fingerprint density at radius 2 is 1.49 bits per heavy atom. The van der Waals surface area contributed by atoms with Crippen LogP contribution in [0.4, 0.5) is 0 Å². The lowest BCUT2D eigenvalue weighted by molar-refractivity contribution is -0.380. The molecule has 0 spiro atoms. The van der Waals surface area contributed by atoms with Crippen LogP contribution in [0.25, 0.3) is 0 Å². The lowest BCUT2D eigenvalue weighted by atomic mass is 9.64. The fourth-order valence-electron chi connectivity index (χ4n) is 9.39. The molecule has 6 aliphatic rings. The summed E-state index contributed by atoms with van der Waals surface area (Å²) in [5.41, 5.74) is 0. The van der Waals surface area contributed by atoms with Gasteiger partial charge in [-0.05, 0) is 50.9 Å². The molecule has 6 fully saturated rings. The number of hydrogen-bond acceptors (Lipinski definition) is 14.